The monoisotopic (exact) mass is 494 g/mol. The summed E-state index contributed by atoms with van der Waals surface area (Å²) in [6.07, 6.45) is 0.842. The minimum Gasteiger partial charge on any atom is -0.339 e. The summed E-state index contributed by atoms with van der Waals surface area (Å²) in [6.45, 7) is 1.98. The average Bonchev–Trinajstić information content (AvgIpc) is 3.48. The topological polar surface area (TPSA) is 123 Å². The first-order chi connectivity index (χ1) is 16.5. The van der Waals surface area contributed by atoms with Gasteiger partial charge in [0.1, 0.15) is 0 Å². The molecule has 2 amide bonds. The van der Waals surface area contributed by atoms with Gasteiger partial charge in [-0.05, 0) is 24.6 Å². The molecule has 0 unspecified atom stereocenters. The standard InChI is InChI=1S/C23H22N6O3S2/c1-15-6-5-9-17(14-15)24-19(31)12-13-33-23-28-27-22(34-23)25-18(30)10-11-20-26-21(29-32-20)16-7-3-2-4-8-16/h2-9,14H,10-13H2,1H3,(H,24,31)(H,25,27,30). The number of hydrogen-bond acceptors (Lipinski definition) is 9. The second kappa shape index (κ2) is 11.5. The summed E-state index contributed by atoms with van der Waals surface area (Å²) >= 11 is 2.69. The molecule has 0 fully saturated rings. The van der Waals surface area contributed by atoms with Crippen molar-refractivity contribution in [2.45, 2.75) is 30.5 Å². The van der Waals surface area contributed by atoms with Gasteiger partial charge in [0.2, 0.25) is 28.7 Å². The fourth-order valence-corrected chi connectivity index (χ4v) is 4.74. The van der Waals surface area contributed by atoms with Gasteiger partial charge in [-0.2, -0.15) is 4.98 Å². The van der Waals surface area contributed by atoms with E-state index in [0.717, 1.165) is 16.8 Å². The van der Waals surface area contributed by atoms with Gasteiger partial charge in [-0.15, -0.1) is 10.2 Å². The molecular formula is C23H22N6O3S2. The van der Waals surface area contributed by atoms with Crippen molar-refractivity contribution in [1.29, 1.82) is 0 Å². The summed E-state index contributed by atoms with van der Waals surface area (Å²) in [5, 5.41) is 18.0. The van der Waals surface area contributed by atoms with Crippen molar-refractivity contribution in [2.24, 2.45) is 0 Å². The number of aromatic nitrogens is 4. The molecule has 0 saturated heterocycles. The highest BCUT2D eigenvalue weighted by Crippen LogP contribution is 2.26. The van der Waals surface area contributed by atoms with Crippen LogP contribution >= 0.6 is 23.1 Å². The second-order valence-corrected chi connectivity index (χ2v) is 9.63. The maximum atomic E-state index is 12.3. The summed E-state index contributed by atoms with van der Waals surface area (Å²) in [7, 11) is 0. The summed E-state index contributed by atoms with van der Waals surface area (Å²) in [6, 6.07) is 17.2. The van der Waals surface area contributed by atoms with Gasteiger partial charge in [-0.25, -0.2) is 0 Å². The fraction of sp³-hybridized carbons (Fsp3) is 0.217. The predicted octanol–water partition coefficient (Wildman–Crippen LogP) is 4.59. The number of anilines is 2. The van der Waals surface area contributed by atoms with Crippen LogP contribution < -0.4 is 10.6 Å². The first-order valence-electron chi connectivity index (χ1n) is 10.6. The lowest BCUT2D eigenvalue weighted by Gasteiger charge is -2.05. The zero-order valence-corrected chi connectivity index (χ0v) is 20.0. The lowest BCUT2D eigenvalue weighted by molar-refractivity contribution is -0.116. The Morgan fingerprint density at radius 3 is 2.65 bits per heavy atom. The molecule has 0 radical (unpaired) electrons. The van der Waals surface area contributed by atoms with E-state index < -0.39 is 0 Å². The largest absolute Gasteiger partial charge is 0.339 e. The van der Waals surface area contributed by atoms with Gasteiger partial charge in [0.25, 0.3) is 0 Å². The van der Waals surface area contributed by atoms with Gasteiger partial charge in [-0.1, -0.05) is 70.7 Å². The first-order valence-corrected chi connectivity index (χ1v) is 12.4. The normalized spacial score (nSPS) is 10.7. The molecule has 11 heteroatoms. The summed E-state index contributed by atoms with van der Waals surface area (Å²) in [4.78, 5) is 28.7. The van der Waals surface area contributed by atoms with Crippen LogP contribution in [0.1, 0.15) is 24.3 Å². The highest BCUT2D eigenvalue weighted by molar-refractivity contribution is 8.01. The molecule has 0 aliphatic rings. The molecule has 0 bridgehead atoms. The number of nitrogens with zero attached hydrogens (tertiary/aromatic N) is 4. The summed E-state index contributed by atoms with van der Waals surface area (Å²) < 4.78 is 5.91. The molecule has 2 N–H and O–H groups in total. The van der Waals surface area contributed by atoms with Crippen LogP contribution in [0.25, 0.3) is 11.4 Å². The zero-order valence-electron chi connectivity index (χ0n) is 18.4. The molecule has 174 valence electrons. The summed E-state index contributed by atoms with van der Waals surface area (Å²) in [5.74, 6) is 1.17. The average molecular weight is 495 g/mol. The zero-order chi connectivity index (χ0) is 23.8. The van der Waals surface area contributed by atoms with Crippen molar-refractivity contribution in [3.63, 3.8) is 0 Å². The number of thioether (sulfide) groups is 1. The van der Waals surface area contributed by atoms with Gasteiger partial charge >= 0.3 is 0 Å². The Balaban J connectivity index is 1.17. The third-order valence-electron chi connectivity index (χ3n) is 4.58. The van der Waals surface area contributed by atoms with Gasteiger partial charge < -0.3 is 15.2 Å². The molecule has 2 aromatic carbocycles. The molecular weight excluding hydrogens is 472 g/mol. The van der Waals surface area contributed by atoms with Crippen LogP contribution in [0.15, 0.2) is 63.5 Å². The number of amides is 2. The van der Waals surface area contributed by atoms with Crippen LogP contribution in [-0.4, -0.2) is 37.9 Å². The number of carbonyl (C=O) groups excluding carboxylic acids is 2. The predicted molar refractivity (Wildman–Crippen MR) is 132 cm³/mol. The fourth-order valence-electron chi connectivity index (χ4n) is 2.96. The Morgan fingerprint density at radius 1 is 1.00 bits per heavy atom. The van der Waals surface area contributed by atoms with E-state index in [0.29, 0.717) is 39.8 Å². The molecule has 4 rings (SSSR count). The molecule has 0 aliphatic heterocycles. The minimum absolute atomic E-state index is 0.0624. The molecule has 2 aromatic heterocycles. The molecule has 34 heavy (non-hydrogen) atoms. The number of hydrogen-bond donors (Lipinski definition) is 2. The lowest BCUT2D eigenvalue weighted by atomic mass is 10.2. The SMILES string of the molecule is Cc1cccc(NC(=O)CCSc2nnc(NC(=O)CCc3nc(-c4ccccc4)no3)s2)c1. The highest BCUT2D eigenvalue weighted by Gasteiger charge is 2.13. The van der Waals surface area contributed by atoms with E-state index in [1.54, 1.807) is 0 Å². The number of benzene rings is 2. The van der Waals surface area contributed by atoms with Gasteiger partial charge in [-0.3, -0.25) is 9.59 Å². The van der Waals surface area contributed by atoms with Crippen molar-refractivity contribution in [3.05, 3.63) is 66.1 Å². The third kappa shape index (κ3) is 6.96. The van der Waals surface area contributed by atoms with Gasteiger partial charge in [0.05, 0.1) is 0 Å². The molecule has 0 aliphatic carbocycles. The maximum absolute atomic E-state index is 12.3. The molecule has 4 aromatic rings. The Kier molecular flexibility index (Phi) is 7.99. The Morgan fingerprint density at radius 2 is 1.82 bits per heavy atom. The highest BCUT2D eigenvalue weighted by atomic mass is 32.2. The van der Waals surface area contributed by atoms with E-state index in [4.69, 9.17) is 4.52 Å². The first kappa shape index (κ1) is 23.6. The Labute approximate surface area is 204 Å². The molecule has 9 nitrogen and oxygen atoms in total. The second-order valence-electron chi connectivity index (χ2n) is 7.32. The lowest BCUT2D eigenvalue weighted by Crippen LogP contribution is -2.12. The number of carbonyl (C=O) groups is 2. The van der Waals surface area contributed by atoms with Crippen molar-refractivity contribution in [3.8, 4) is 11.4 Å². The Hall–Kier alpha value is -3.57. The van der Waals surface area contributed by atoms with Crippen molar-refractivity contribution >= 4 is 45.7 Å². The maximum Gasteiger partial charge on any atom is 0.227 e. The van der Waals surface area contributed by atoms with Crippen molar-refractivity contribution < 1.29 is 14.1 Å². The number of rotatable bonds is 10. The van der Waals surface area contributed by atoms with Crippen molar-refractivity contribution in [2.75, 3.05) is 16.4 Å². The van der Waals surface area contributed by atoms with Crippen LogP contribution in [-0.2, 0) is 16.0 Å². The summed E-state index contributed by atoms with van der Waals surface area (Å²) in [5.41, 5.74) is 2.73. The Bertz CT molecular complexity index is 1260. The van der Waals surface area contributed by atoms with Crippen molar-refractivity contribution in [1.82, 2.24) is 20.3 Å². The van der Waals surface area contributed by atoms with Crippen LogP contribution in [0.4, 0.5) is 10.8 Å². The van der Waals surface area contributed by atoms with E-state index in [1.165, 1.54) is 23.1 Å². The van der Waals surface area contributed by atoms with E-state index in [2.05, 4.69) is 31.0 Å². The molecule has 2 heterocycles. The smallest absolute Gasteiger partial charge is 0.227 e. The van der Waals surface area contributed by atoms with E-state index in [1.807, 2.05) is 61.5 Å². The molecule has 0 spiro atoms. The van der Waals surface area contributed by atoms with Gasteiger partial charge in [0.15, 0.2) is 4.34 Å². The van der Waals surface area contributed by atoms with Crippen LogP contribution in [0.5, 0.6) is 0 Å². The van der Waals surface area contributed by atoms with Crippen LogP contribution in [0, 0.1) is 6.92 Å². The van der Waals surface area contributed by atoms with Crippen LogP contribution in [0.3, 0.4) is 0 Å². The minimum atomic E-state index is -0.218. The molecule has 0 saturated carbocycles. The number of aryl methyl sites for hydroxylation is 2. The molecule has 0 atom stereocenters. The quantitative estimate of drug-likeness (QED) is 0.242. The van der Waals surface area contributed by atoms with E-state index >= 15 is 0 Å². The van der Waals surface area contributed by atoms with Crippen LogP contribution in [0.2, 0.25) is 0 Å². The van der Waals surface area contributed by atoms with E-state index in [9.17, 15) is 9.59 Å². The number of nitrogens with one attached hydrogen (secondary N) is 2. The third-order valence-corrected chi connectivity index (χ3v) is 6.55. The van der Waals surface area contributed by atoms with Gasteiger partial charge in [0, 0.05) is 36.3 Å². The van der Waals surface area contributed by atoms with E-state index in [-0.39, 0.29) is 18.2 Å².